The van der Waals surface area contributed by atoms with Crippen LogP contribution in [0, 0.1) is 62.1 Å². The smallest absolute Gasteiger partial charge is 0.168 e. The lowest BCUT2D eigenvalue weighted by molar-refractivity contribution is -0.671. The molecular formula is C115H245N20+. The molecule has 0 amide bonds. The third-order valence-corrected chi connectivity index (χ3v) is 28.5. The first kappa shape index (κ1) is 131. The number of nitrogens with two attached hydrogens (primary N) is 6. The lowest BCUT2D eigenvalue weighted by Crippen LogP contribution is -2.48. The van der Waals surface area contributed by atoms with Crippen molar-refractivity contribution in [2.24, 2.45) is 104 Å². The highest BCUT2D eigenvalue weighted by atomic mass is 15.2. The highest BCUT2D eigenvalue weighted by molar-refractivity contribution is 5.17. The summed E-state index contributed by atoms with van der Waals surface area (Å²) in [5.74, 6) is 4.85. The fourth-order valence-corrected chi connectivity index (χ4v) is 18.8. The number of hydrogen-bond donors (Lipinski definition) is 14. The second kappa shape index (κ2) is 72.6. The average molecular weight is 1910 g/mol. The van der Waals surface area contributed by atoms with Crippen molar-refractivity contribution in [1.82, 2.24) is 67.0 Å². The van der Waals surface area contributed by atoms with Gasteiger partial charge in [-0.2, -0.15) is 0 Å². The third kappa shape index (κ3) is 82.3. The minimum Gasteiger partial charge on any atom is -0.328 e. The van der Waals surface area contributed by atoms with E-state index < -0.39 is 0 Å². The van der Waals surface area contributed by atoms with Crippen LogP contribution in [0.3, 0.4) is 0 Å². The van der Waals surface area contributed by atoms with E-state index in [9.17, 15) is 0 Å². The molecule has 20 heteroatoms. The summed E-state index contributed by atoms with van der Waals surface area (Å²) >= 11 is 0. The van der Waals surface area contributed by atoms with Crippen molar-refractivity contribution in [2.45, 2.75) is 459 Å². The summed E-state index contributed by atoms with van der Waals surface area (Å²) < 4.78 is 2.05. The number of aromatic nitrogens is 1. The predicted molar refractivity (Wildman–Crippen MR) is 598 cm³/mol. The van der Waals surface area contributed by atoms with Crippen LogP contribution in [0.1, 0.15) is 405 Å². The summed E-state index contributed by atoms with van der Waals surface area (Å²) in [4.78, 5) is 12.7. The lowest BCUT2D eigenvalue weighted by Gasteiger charge is -2.40. The summed E-state index contributed by atoms with van der Waals surface area (Å²) in [6.45, 7) is 99.9. The fraction of sp³-hybridized carbons (Fsp3) is 0.957. The topological polar surface area (TPSA) is 272 Å². The molecule has 9 saturated heterocycles. The van der Waals surface area contributed by atoms with Crippen LogP contribution in [0.25, 0.3) is 0 Å². The van der Waals surface area contributed by atoms with E-state index in [-0.39, 0.29) is 5.41 Å². The fourth-order valence-electron chi connectivity index (χ4n) is 18.8. The summed E-state index contributed by atoms with van der Waals surface area (Å²) in [6, 6.07) is 8.64. The summed E-state index contributed by atoms with van der Waals surface area (Å²) in [5.41, 5.74) is 39.3. The minimum absolute atomic E-state index is 0.272. The number of likely N-dealkylation sites (tertiary alicyclic amines) is 3. The normalized spacial score (nSPS) is 25.1. The van der Waals surface area contributed by atoms with Gasteiger partial charge in [-0.3, -0.25) is 4.90 Å². The Bertz CT molecular complexity index is 2720. The van der Waals surface area contributed by atoms with Crippen molar-refractivity contribution in [1.29, 1.82) is 0 Å². The first-order valence-corrected chi connectivity index (χ1v) is 56.8. The number of unbranched alkanes of at least 4 members (excludes halogenated alkanes) is 3. The zero-order chi connectivity index (χ0) is 102. The minimum atomic E-state index is 0.272. The summed E-state index contributed by atoms with van der Waals surface area (Å²) in [6.07, 6.45) is 45.3. The maximum absolute atomic E-state index is 5.85. The number of nitrogens with zero attached hydrogens (tertiary/aromatic N) is 6. The van der Waals surface area contributed by atoms with Gasteiger partial charge in [-0.15, -0.1) is 0 Å². The molecule has 0 unspecified atom stereocenters. The van der Waals surface area contributed by atoms with Crippen molar-refractivity contribution in [3.05, 3.63) is 30.1 Å². The molecule has 12 aliphatic rings. The van der Waals surface area contributed by atoms with Crippen LogP contribution < -0.4 is 81.5 Å². The van der Waals surface area contributed by atoms with Crippen molar-refractivity contribution in [3.63, 3.8) is 0 Å². The Morgan fingerprint density at radius 3 is 0.881 bits per heavy atom. The van der Waals surface area contributed by atoms with Crippen LogP contribution in [0.5, 0.6) is 0 Å². The molecule has 0 bridgehead atoms. The molecule has 1 aromatic heterocycles. The number of aryl methyl sites for hydroxylation is 1. The van der Waals surface area contributed by atoms with Gasteiger partial charge in [0.1, 0.15) is 7.05 Å². The van der Waals surface area contributed by atoms with Crippen LogP contribution >= 0.6 is 0 Å². The molecule has 0 spiro atoms. The van der Waals surface area contributed by atoms with Crippen LogP contribution in [0.2, 0.25) is 0 Å². The molecule has 3 saturated carbocycles. The predicted octanol–water partition coefficient (Wildman–Crippen LogP) is 19.1. The van der Waals surface area contributed by atoms with Crippen LogP contribution in [-0.2, 0) is 12.5 Å². The molecule has 9 aliphatic heterocycles. The molecule has 13 rings (SSSR count). The first-order valence-electron chi connectivity index (χ1n) is 56.8. The Morgan fingerprint density at radius 2 is 0.600 bits per heavy atom. The van der Waals surface area contributed by atoms with E-state index in [2.05, 4.69) is 297 Å². The Kier molecular flexibility index (Phi) is 70.7. The van der Waals surface area contributed by atoms with Gasteiger partial charge < -0.3 is 96.5 Å². The van der Waals surface area contributed by atoms with Crippen LogP contribution in [0.15, 0.2) is 24.5 Å². The van der Waals surface area contributed by atoms with E-state index in [4.69, 9.17) is 34.4 Å². The number of nitrogens with one attached hydrogen (secondary N) is 8. The van der Waals surface area contributed by atoms with Gasteiger partial charge in [-0.25, -0.2) is 4.57 Å². The van der Waals surface area contributed by atoms with E-state index in [0.29, 0.717) is 86.4 Å². The molecule has 20 nitrogen and oxygen atoms in total. The van der Waals surface area contributed by atoms with Crippen LogP contribution in [-0.4, -0.2) is 262 Å². The largest absolute Gasteiger partial charge is 0.328 e. The molecule has 1 aromatic rings. The number of rotatable bonds is 15. The maximum atomic E-state index is 5.85. The van der Waals surface area contributed by atoms with E-state index in [1.807, 2.05) is 7.05 Å². The molecule has 2 atom stereocenters. The number of hydrogen-bond acceptors (Lipinski definition) is 19. The number of pyridine rings is 1. The molecule has 20 N–H and O–H groups in total. The third-order valence-electron chi connectivity index (χ3n) is 28.5. The molecular weight excluding hydrogens is 1660 g/mol. The highest BCUT2D eigenvalue weighted by Crippen LogP contribution is 2.31. The average Bonchev–Trinajstić information content (AvgIpc) is 0.859. The van der Waals surface area contributed by atoms with E-state index in [0.717, 1.165) is 94.8 Å². The van der Waals surface area contributed by atoms with Crippen LogP contribution in [0.4, 0.5) is 0 Å². The second-order valence-electron chi connectivity index (χ2n) is 53.5. The SMILES string of the molecule is CC(C)(C)CCCCC1CCNCC1.CC(C)(C)CCCCCC1CCNCC1.CC(C)(C)CCN1CCC(N)CC1.CC(C)(C)CCN1CCNCC1.CC(C)(C)CN1CCC(N)CC1.CC(C)(C)CN1CCNCC1.CC(C)(C)N1CCC(N)CC1.CC1CC(N)C1.CC1CCC(N)CC1.CC1CCC(N)CC1.C[C@@H]1CNCCN1.C[C@H]1CNCCN1.C[n+]1ccc(C(C)(C)C)cc1. The highest BCUT2D eigenvalue weighted by Gasteiger charge is 2.28. The van der Waals surface area contributed by atoms with E-state index >= 15 is 0 Å². The standard InChI is InChI=1S/C14H29N.C13H27N.C11H24N2.2C10H22N2.C10H16N.2C9H20N2.2C7H15N.2C5H12N2.C5H11N/c1-14(2,3)10-6-4-5-7-13-8-11-15-12-9-13;1-13(2,3)9-5-4-6-12-7-10-14-11-8-12;1-11(2,3)6-9-13-7-4-10(12)5-8-13;1-10(2,3)4-7-12-8-5-11-6-9-12;1-10(2,3)8-12-6-4-9(11)5-7-12;1-10(2,3)9-5-7-11(4)8-6-9;1-9(2,3)8-11-6-4-10-5-7-11;1-9(2,3)11-6-4-8(10)5-7-11;2*1-6-2-4-7(8)5-3-6;2*1-5-4-6-2-3-7-5;1-4-2-5(6)3-4/h13,15H,4-12H2,1-3H3;12,14H,4-11H2,1-3H3;10H,4-9,12H2,1-3H3;11H,4-9H2,1-3H3;9H,4-8,11H2,1-3H3;5-8H,1-4H3;10H,4-8H2,1-3H3;8H,4-7,10H2,1-3H3;2*6-7H,2-5,8H2,1H3;2*5-7H,2-4H2,1H3;4-5H,2-3,6H2,1H3/q;;;;;+1;;;;;;;/t;;;;;;;;;;2*5-;/m..........10./s1. The Balaban J connectivity index is 0.000000736. The second-order valence-corrected chi connectivity index (χ2v) is 53.5. The van der Waals surface area contributed by atoms with Gasteiger partial charge in [0.15, 0.2) is 12.4 Å². The zero-order valence-electron chi connectivity index (χ0n) is 96.2. The maximum Gasteiger partial charge on any atom is 0.168 e. The van der Waals surface area contributed by atoms with Crippen molar-refractivity contribution < 1.29 is 4.57 Å². The molecule has 10 heterocycles. The zero-order valence-corrected chi connectivity index (χ0v) is 96.2. The first-order chi connectivity index (χ1) is 62.9. The molecule has 12 fully saturated rings. The number of piperidine rings is 5. The van der Waals surface area contributed by atoms with E-state index in [1.165, 1.54) is 323 Å². The quantitative estimate of drug-likeness (QED) is 0.0574. The van der Waals surface area contributed by atoms with Gasteiger partial charge in [-0.1, -0.05) is 211 Å². The lowest BCUT2D eigenvalue weighted by atomic mass is 9.83. The van der Waals surface area contributed by atoms with Gasteiger partial charge >= 0.3 is 0 Å². The van der Waals surface area contributed by atoms with Crippen molar-refractivity contribution in [2.75, 3.05) is 183 Å². The van der Waals surface area contributed by atoms with Gasteiger partial charge in [0, 0.05) is 184 Å². The van der Waals surface area contributed by atoms with Crippen molar-refractivity contribution >= 4 is 0 Å². The molecule has 135 heavy (non-hydrogen) atoms. The molecule has 804 valence electrons. The van der Waals surface area contributed by atoms with E-state index in [1.54, 1.807) is 0 Å². The summed E-state index contributed by atoms with van der Waals surface area (Å²) in [7, 11) is 2.03. The Hall–Kier alpha value is -1.61. The van der Waals surface area contributed by atoms with Crippen molar-refractivity contribution in [3.8, 4) is 0 Å². The van der Waals surface area contributed by atoms with Gasteiger partial charge in [0.05, 0.1) is 0 Å². The van der Waals surface area contributed by atoms with Gasteiger partial charge in [0.25, 0.3) is 0 Å². The molecule has 3 aliphatic carbocycles. The molecule has 0 radical (unpaired) electrons. The Labute approximate surface area is 842 Å². The van der Waals surface area contributed by atoms with Gasteiger partial charge in [-0.05, 0) is 327 Å². The monoisotopic (exact) mass is 1910 g/mol. The summed E-state index contributed by atoms with van der Waals surface area (Å²) in [5, 5.41) is 26.8. The Morgan fingerprint density at radius 1 is 0.296 bits per heavy atom. The molecule has 0 aromatic carbocycles. The van der Waals surface area contributed by atoms with Gasteiger partial charge in [0.2, 0.25) is 0 Å². The number of piperazine rings is 4.